The second kappa shape index (κ2) is 9.75. The van der Waals surface area contributed by atoms with E-state index in [0.717, 1.165) is 12.0 Å². The molecule has 4 aromatic rings. The van der Waals surface area contributed by atoms with Crippen molar-refractivity contribution in [3.8, 4) is 22.8 Å². The van der Waals surface area contributed by atoms with Gasteiger partial charge in [-0.05, 0) is 42.8 Å². The average molecular weight is 425 g/mol. The molecule has 0 saturated carbocycles. The maximum absolute atomic E-state index is 13.0. The van der Waals surface area contributed by atoms with Gasteiger partial charge < -0.3 is 9.84 Å². The lowest BCUT2D eigenvalue weighted by Crippen LogP contribution is -2.18. The molecule has 32 heavy (non-hydrogen) atoms. The molecule has 6 heteroatoms. The zero-order valence-electron chi connectivity index (χ0n) is 17.7. The van der Waals surface area contributed by atoms with Crippen LogP contribution >= 0.6 is 0 Å². The molecule has 2 N–H and O–H groups in total. The Morgan fingerprint density at radius 1 is 1.06 bits per heavy atom. The Morgan fingerprint density at radius 3 is 2.66 bits per heavy atom. The number of benzene rings is 3. The fourth-order valence-corrected chi connectivity index (χ4v) is 3.34. The van der Waals surface area contributed by atoms with E-state index in [9.17, 15) is 9.90 Å². The third-order valence-corrected chi connectivity index (χ3v) is 4.89. The number of hydrazone groups is 1. The van der Waals surface area contributed by atoms with Crippen LogP contribution in [0.3, 0.4) is 0 Å². The predicted molar refractivity (Wildman–Crippen MR) is 126 cm³/mol. The summed E-state index contributed by atoms with van der Waals surface area (Å²) in [5.74, 6) is 0.440. The van der Waals surface area contributed by atoms with Gasteiger partial charge in [0.15, 0.2) is 0 Å². The number of carbonyl (C=O) groups excluding carboxylic acids is 1. The van der Waals surface area contributed by atoms with Gasteiger partial charge in [0.25, 0.3) is 5.91 Å². The highest BCUT2D eigenvalue weighted by molar-refractivity contribution is 6.07. The van der Waals surface area contributed by atoms with Crippen LogP contribution in [0, 0.1) is 0 Å². The first-order valence-corrected chi connectivity index (χ1v) is 10.4. The first kappa shape index (κ1) is 21.1. The van der Waals surface area contributed by atoms with Crippen molar-refractivity contribution in [1.82, 2.24) is 10.4 Å². The van der Waals surface area contributed by atoms with E-state index in [1.54, 1.807) is 30.5 Å². The predicted octanol–water partition coefficient (Wildman–Crippen LogP) is 5.16. The van der Waals surface area contributed by atoms with Crippen LogP contribution in [0.1, 0.15) is 29.3 Å². The number of nitrogens with one attached hydrogen (secondary N) is 1. The number of aromatic hydroxyl groups is 1. The number of hydrogen-bond donors (Lipinski definition) is 2. The van der Waals surface area contributed by atoms with Gasteiger partial charge in [-0.15, -0.1) is 0 Å². The minimum Gasteiger partial charge on any atom is -0.507 e. The molecule has 3 aromatic carbocycles. The van der Waals surface area contributed by atoms with E-state index < -0.39 is 0 Å². The van der Waals surface area contributed by atoms with E-state index in [0.29, 0.717) is 40.1 Å². The summed E-state index contributed by atoms with van der Waals surface area (Å²) in [5.41, 5.74) is 5.51. The Balaban J connectivity index is 1.64. The Labute approximate surface area is 186 Å². The topological polar surface area (TPSA) is 83.8 Å². The van der Waals surface area contributed by atoms with Gasteiger partial charge in [0.1, 0.15) is 11.5 Å². The number of amides is 1. The third kappa shape index (κ3) is 4.59. The Morgan fingerprint density at radius 2 is 1.81 bits per heavy atom. The minimum absolute atomic E-state index is 0.100. The highest BCUT2D eigenvalue weighted by Gasteiger charge is 2.15. The number of phenols is 1. The molecule has 1 heterocycles. The molecule has 6 nitrogen and oxygen atoms in total. The van der Waals surface area contributed by atoms with Crippen LogP contribution in [-0.4, -0.2) is 28.8 Å². The maximum Gasteiger partial charge on any atom is 0.272 e. The van der Waals surface area contributed by atoms with Crippen LogP contribution in [0.2, 0.25) is 0 Å². The van der Waals surface area contributed by atoms with Crippen molar-refractivity contribution in [2.24, 2.45) is 5.10 Å². The molecule has 0 radical (unpaired) electrons. The standard InChI is InChI=1S/C26H23N3O3/c1-2-15-32-25-14-8-3-9-18(25)17-27-29-26(31)21-16-23(20-11-5-7-13-24(20)30)28-22-12-6-4-10-19(21)22/h3-14,16-17,30H,2,15H2,1H3,(H,29,31)/b27-17-. The van der Waals surface area contributed by atoms with E-state index in [1.165, 1.54) is 0 Å². The van der Waals surface area contributed by atoms with E-state index in [4.69, 9.17) is 4.74 Å². The van der Waals surface area contributed by atoms with E-state index in [1.807, 2.05) is 61.5 Å². The highest BCUT2D eigenvalue weighted by Crippen LogP contribution is 2.30. The zero-order chi connectivity index (χ0) is 22.3. The number of carbonyl (C=O) groups is 1. The molecule has 0 atom stereocenters. The van der Waals surface area contributed by atoms with Gasteiger partial charge in [0, 0.05) is 16.5 Å². The second-order valence-electron chi connectivity index (χ2n) is 7.17. The smallest absolute Gasteiger partial charge is 0.272 e. The molecule has 0 aliphatic heterocycles. The normalized spacial score (nSPS) is 11.0. The second-order valence-corrected chi connectivity index (χ2v) is 7.17. The number of pyridine rings is 1. The average Bonchev–Trinajstić information content (AvgIpc) is 2.83. The summed E-state index contributed by atoms with van der Waals surface area (Å²) in [5, 5.41) is 15.1. The molecular formula is C26H23N3O3. The van der Waals surface area contributed by atoms with Crippen molar-refractivity contribution in [2.75, 3.05) is 6.61 Å². The molecule has 0 unspecified atom stereocenters. The first-order valence-electron chi connectivity index (χ1n) is 10.4. The number of rotatable bonds is 7. The largest absolute Gasteiger partial charge is 0.507 e. The van der Waals surface area contributed by atoms with Gasteiger partial charge in [0.2, 0.25) is 0 Å². The number of para-hydroxylation sites is 3. The number of aromatic nitrogens is 1. The maximum atomic E-state index is 13.0. The number of ether oxygens (including phenoxy) is 1. The van der Waals surface area contributed by atoms with Crippen LogP contribution in [0.25, 0.3) is 22.2 Å². The molecule has 0 spiro atoms. The zero-order valence-corrected chi connectivity index (χ0v) is 17.7. The number of fused-ring (bicyclic) bond motifs is 1. The van der Waals surface area contributed by atoms with Crippen LogP contribution < -0.4 is 10.2 Å². The van der Waals surface area contributed by atoms with Crippen molar-refractivity contribution in [2.45, 2.75) is 13.3 Å². The fraction of sp³-hybridized carbons (Fsp3) is 0.115. The van der Waals surface area contributed by atoms with Crippen LogP contribution in [0.4, 0.5) is 0 Å². The van der Waals surface area contributed by atoms with Gasteiger partial charge in [-0.25, -0.2) is 10.4 Å². The highest BCUT2D eigenvalue weighted by atomic mass is 16.5. The lowest BCUT2D eigenvalue weighted by atomic mass is 10.0. The molecule has 4 rings (SSSR count). The van der Waals surface area contributed by atoms with E-state index in [-0.39, 0.29) is 11.7 Å². The van der Waals surface area contributed by atoms with E-state index >= 15 is 0 Å². The van der Waals surface area contributed by atoms with Crippen molar-refractivity contribution in [3.05, 3.63) is 90.0 Å². The summed E-state index contributed by atoms with van der Waals surface area (Å²) in [4.78, 5) is 17.7. The number of phenolic OH excluding ortho intramolecular Hbond substituents is 1. The summed E-state index contributed by atoms with van der Waals surface area (Å²) in [6.45, 7) is 2.65. The van der Waals surface area contributed by atoms with Crippen LogP contribution in [-0.2, 0) is 0 Å². The Kier molecular flexibility index (Phi) is 6.41. The SMILES string of the molecule is CCCOc1ccccc1/C=N\NC(=O)c1cc(-c2ccccc2O)nc2ccccc12. The molecule has 0 fully saturated rings. The molecular weight excluding hydrogens is 402 g/mol. The summed E-state index contributed by atoms with van der Waals surface area (Å²) >= 11 is 0. The van der Waals surface area contributed by atoms with Gasteiger partial charge in [-0.2, -0.15) is 5.10 Å². The molecule has 0 bridgehead atoms. The lowest BCUT2D eigenvalue weighted by Gasteiger charge is -2.10. The van der Waals surface area contributed by atoms with Gasteiger partial charge in [-0.1, -0.05) is 49.4 Å². The van der Waals surface area contributed by atoms with Gasteiger partial charge >= 0.3 is 0 Å². The monoisotopic (exact) mass is 425 g/mol. The summed E-state index contributed by atoms with van der Waals surface area (Å²) in [6.07, 6.45) is 2.47. The third-order valence-electron chi connectivity index (χ3n) is 4.89. The lowest BCUT2D eigenvalue weighted by molar-refractivity contribution is 0.0956. The molecule has 0 aliphatic carbocycles. The van der Waals surface area contributed by atoms with E-state index in [2.05, 4.69) is 15.5 Å². The molecule has 1 aromatic heterocycles. The van der Waals surface area contributed by atoms with Gasteiger partial charge in [-0.3, -0.25) is 4.79 Å². The minimum atomic E-state index is -0.372. The number of hydrogen-bond acceptors (Lipinski definition) is 5. The summed E-state index contributed by atoms with van der Waals surface area (Å²) < 4.78 is 5.73. The van der Waals surface area contributed by atoms with Crippen LogP contribution in [0.15, 0.2) is 84.0 Å². The van der Waals surface area contributed by atoms with Crippen molar-refractivity contribution >= 4 is 23.0 Å². The molecule has 1 amide bonds. The van der Waals surface area contributed by atoms with Crippen molar-refractivity contribution < 1.29 is 14.6 Å². The summed E-state index contributed by atoms with van der Waals surface area (Å²) in [7, 11) is 0. The molecule has 0 aliphatic rings. The number of nitrogens with zero attached hydrogens (tertiary/aromatic N) is 2. The molecule has 160 valence electrons. The molecule has 0 saturated heterocycles. The first-order chi connectivity index (χ1) is 15.7. The Hall–Kier alpha value is -4.19. The van der Waals surface area contributed by atoms with Crippen molar-refractivity contribution in [1.29, 1.82) is 0 Å². The quantitative estimate of drug-likeness (QED) is 0.316. The van der Waals surface area contributed by atoms with Crippen LogP contribution in [0.5, 0.6) is 11.5 Å². The van der Waals surface area contributed by atoms with Gasteiger partial charge in [0.05, 0.1) is 29.6 Å². The van der Waals surface area contributed by atoms with Crippen molar-refractivity contribution in [3.63, 3.8) is 0 Å². The Bertz CT molecular complexity index is 1280. The summed E-state index contributed by atoms with van der Waals surface area (Å²) in [6, 6.07) is 23.5. The fourth-order valence-electron chi connectivity index (χ4n) is 3.34.